The van der Waals surface area contributed by atoms with Crippen molar-refractivity contribution >= 4 is 0 Å². The van der Waals surface area contributed by atoms with E-state index < -0.39 is 0 Å². The SMILES string of the molecule is CC1OCCC1CNCc1cccc2c1OCCO2. The second-order valence-corrected chi connectivity index (χ2v) is 5.20. The number of benzene rings is 1. The van der Waals surface area contributed by atoms with Gasteiger partial charge < -0.3 is 19.5 Å². The highest BCUT2D eigenvalue weighted by Gasteiger charge is 2.23. The van der Waals surface area contributed by atoms with Gasteiger partial charge >= 0.3 is 0 Å². The van der Waals surface area contributed by atoms with E-state index in [0.29, 0.717) is 25.2 Å². The van der Waals surface area contributed by atoms with Gasteiger partial charge in [0.05, 0.1) is 6.10 Å². The summed E-state index contributed by atoms with van der Waals surface area (Å²) in [5, 5.41) is 3.51. The van der Waals surface area contributed by atoms with Crippen LogP contribution in [-0.2, 0) is 11.3 Å². The van der Waals surface area contributed by atoms with E-state index in [1.165, 1.54) is 5.56 Å². The van der Waals surface area contributed by atoms with E-state index in [-0.39, 0.29) is 0 Å². The number of para-hydroxylation sites is 1. The smallest absolute Gasteiger partial charge is 0.165 e. The lowest BCUT2D eigenvalue weighted by molar-refractivity contribution is 0.105. The Kier molecular flexibility index (Phi) is 3.89. The van der Waals surface area contributed by atoms with Crippen molar-refractivity contribution < 1.29 is 14.2 Å². The molecule has 0 spiro atoms. The number of nitrogens with one attached hydrogen (secondary N) is 1. The summed E-state index contributed by atoms with van der Waals surface area (Å²) in [5.74, 6) is 2.39. The van der Waals surface area contributed by atoms with Crippen molar-refractivity contribution in [2.75, 3.05) is 26.4 Å². The Hall–Kier alpha value is -1.26. The molecule has 4 nitrogen and oxygen atoms in total. The number of rotatable bonds is 4. The van der Waals surface area contributed by atoms with Gasteiger partial charge in [0.25, 0.3) is 0 Å². The van der Waals surface area contributed by atoms with Crippen molar-refractivity contribution in [3.63, 3.8) is 0 Å². The number of hydrogen-bond donors (Lipinski definition) is 1. The molecule has 19 heavy (non-hydrogen) atoms. The highest BCUT2D eigenvalue weighted by Crippen LogP contribution is 2.33. The van der Waals surface area contributed by atoms with Gasteiger partial charge in [0.2, 0.25) is 0 Å². The Morgan fingerprint density at radius 1 is 1.21 bits per heavy atom. The predicted molar refractivity (Wildman–Crippen MR) is 72.7 cm³/mol. The molecule has 0 amide bonds. The van der Waals surface area contributed by atoms with Crippen LogP contribution >= 0.6 is 0 Å². The molecule has 1 aromatic carbocycles. The minimum absolute atomic E-state index is 0.372. The number of hydrogen-bond acceptors (Lipinski definition) is 4. The number of ether oxygens (including phenoxy) is 3. The molecule has 0 aliphatic carbocycles. The van der Waals surface area contributed by atoms with Crippen LogP contribution in [0.4, 0.5) is 0 Å². The molecule has 0 aromatic heterocycles. The van der Waals surface area contributed by atoms with E-state index in [1.54, 1.807) is 0 Å². The van der Waals surface area contributed by atoms with Gasteiger partial charge in [0.1, 0.15) is 13.2 Å². The zero-order chi connectivity index (χ0) is 13.1. The molecule has 2 aliphatic rings. The second-order valence-electron chi connectivity index (χ2n) is 5.20. The van der Waals surface area contributed by atoms with Crippen LogP contribution in [0.2, 0.25) is 0 Å². The summed E-state index contributed by atoms with van der Waals surface area (Å²) in [4.78, 5) is 0. The lowest BCUT2D eigenvalue weighted by atomic mass is 10.0. The summed E-state index contributed by atoms with van der Waals surface area (Å²) in [6.45, 7) is 6.13. The summed E-state index contributed by atoms with van der Waals surface area (Å²) in [6, 6.07) is 6.08. The van der Waals surface area contributed by atoms with Crippen molar-refractivity contribution in [2.45, 2.75) is 26.0 Å². The maximum Gasteiger partial charge on any atom is 0.165 e. The molecule has 1 aromatic rings. The molecule has 3 rings (SSSR count). The van der Waals surface area contributed by atoms with Gasteiger partial charge in [-0.25, -0.2) is 0 Å². The molecule has 2 unspecified atom stereocenters. The fourth-order valence-corrected chi connectivity index (χ4v) is 2.71. The summed E-state index contributed by atoms with van der Waals surface area (Å²) < 4.78 is 16.9. The molecular formula is C15H21NO3. The van der Waals surface area contributed by atoms with Gasteiger partial charge in [-0.15, -0.1) is 0 Å². The predicted octanol–water partition coefficient (Wildman–Crippen LogP) is 1.97. The average Bonchev–Trinajstić information content (AvgIpc) is 2.85. The summed E-state index contributed by atoms with van der Waals surface area (Å²) >= 11 is 0. The van der Waals surface area contributed by atoms with Gasteiger partial charge in [-0.1, -0.05) is 12.1 Å². The van der Waals surface area contributed by atoms with Crippen molar-refractivity contribution in [3.8, 4) is 11.5 Å². The Bertz CT molecular complexity index is 435. The minimum atomic E-state index is 0.372. The fraction of sp³-hybridized carbons (Fsp3) is 0.600. The van der Waals surface area contributed by atoms with Crippen LogP contribution in [0.25, 0.3) is 0 Å². The monoisotopic (exact) mass is 263 g/mol. The molecule has 2 heterocycles. The quantitative estimate of drug-likeness (QED) is 0.901. The van der Waals surface area contributed by atoms with E-state index >= 15 is 0 Å². The summed E-state index contributed by atoms with van der Waals surface area (Å²) in [7, 11) is 0. The van der Waals surface area contributed by atoms with Crippen LogP contribution < -0.4 is 14.8 Å². The lowest BCUT2D eigenvalue weighted by Gasteiger charge is -2.21. The summed E-state index contributed by atoms with van der Waals surface area (Å²) in [6.07, 6.45) is 1.53. The van der Waals surface area contributed by atoms with Gasteiger partial charge in [0.15, 0.2) is 11.5 Å². The van der Waals surface area contributed by atoms with Crippen molar-refractivity contribution in [3.05, 3.63) is 23.8 Å². The minimum Gasteiger partial charge on any atom is -0.486 e. The van der Waals surface area contributed by atoms with Crippen molar-refractivity contribution in [1.82, 2.24) is 5.32 Å². The Labute approximate surface area is 114 Å². The highest BCUT2D eigenvalue weighted by molar-refractivity contribution is 5.47. The lowest BCUT2D eigenvalue weighted by Crippen LogP contribution is -2.27. The van der Waals surface area contributed by atoms with Crippen molar-refractivity contribution in [1.29, 1.82) is 0 Å². The topological polar surface area (TPSA) is 39.7 Å². The normalized spacial score (nSPS) is 25.5. The largest absolute Gasteiger partial charge is 0.486 e. The second kappa shape index (κ2) is 5.80. The molecular weight excluding hydrogens is 242 g/mol. The first-order valence-corrected chi connectivity index (χ1v) is 7.04. The van der Waals surface area contributed by atoms with E-state index in [4.69, 9.17) is 14.2 Å². The van der Waals surface area contributed by atoms with Crippen LogP contribution in [0.15, 0.2) is 18.2 Å². The third-order valence-corrected chi connectivity index (χ3v) is 3.90. The van der Waals surface area contributed by atoms with Gasteiger partial charge in [-0.3, -0.25) is 0 Å². The average molecular weight is 263 g/mol. The van der Waals surface area contributed by atoms with E-state index in [1.807, 2.05) is 12.1 Å². The molecule has 2 atom stereocenters. The van der Waals surface area contributed by atoms with E-state index in [9.17, 15) is 0 Å². The van der Waals surface area contributed by atoms with Crippen LogP contribution in [0, 0.1) is 5.92 Å². The Balaban J connectivity index is 1.58. The summed E-state index contributed by atoms with van der Waals surface area (Å²) in [5.41, 5.74) is 1.17. The first-order chi connectivity index (χ1) is 9.34. The number of fused-ring (bicyclic) bond motifs is 1. The van der Waals surface area contributed by atoms with Crippen LogP contribution in [0.1, 0.15) is 18.9 Å². The molecule has 0 bridgehead atoms. The van der Waals surface area contributed by atoms with Crippen LogP contribution in [0.5, 0.6) is 11.5 Å². The van der Waals surface area contributed by atoms with Crippen molar-refractivity contribution in [2.24, 2.45) is 5.92 Å². The molecule has 1 N–H and O–H groups in total. The van der Waals surface area contributed by atoms with Gasteiger partial charge in [-0.2, -0.15) is 0 Å². The first kappa shape index (κ1) is 12.8. The molecule has 104 valence electrons. The molecule has 2 aliphatic heterocycles. The molecule has 1 fully saturated rings. The van der Waals surface area contributed by atoms with E-state index in [2.05, 4.69) is 18.3 Å². The standard InChI is InChI=1S/C15H21NO3/c1-11-12(5-6-17-11)9-16-10-13-3-2-4-14-15(13)19-8-7-18-14/h2-4,11-12,16H,5-10H2,1H3. The maximum absolute atomic E-state index is 5.71. The van der Waals surface area contributed by atoms with E-state index in [0.717, 1.165) is 37.6 Å². The Morgan fingerprint density at radius 3 is 2.95 bits per heavy atom. The molecule has 0 saturated carbocycles. The zero-order valence-corrected chi connectivity index (χ0v) is 11.4. The third kappa shape index (κ3) is 2.85. The van der Waals surface area contributed by atoms with Gasteiger partial charge in [0, 0.05) is 25.3 Å². The zero-order valence-electron chi connectivity index (χ0n) is 11.4. The van der Waals surface area contributed by atoms with Crippen LogP contribution in [-0.4, -0.2) is 32.5 Å². The molecule has 1 saturated heterocycles. The van der Waals surface area contributed by atoms with Crippen LogP contribution in [0.3, 0.4) is 0 Å². The maximum atomic E-state index is 5.71. The van der Waals surface area contributed by atoms with Gasteiger partial charge in [-0.05, 0) is 25.3 Å². The first-order valence-electron chi connectivity index (χ1n) is 7.04. The highest BCUT2D eigenvalue weighted by atomic mass is 16.6. The molecule has 0 radical (unpaired) electrons. The fourth-order valence-electron chi connectivity index (χ4n) is 2.71. The third-order valence-electron chi connectivity index (χ3n) is 3.90. The Morgan fingerprint density at radius 2 is 2.11 bits per heavy atom. The molecule has 4 heteroatoms.